The Bertz CT molecular complexity index is 1510. The molecular formula is C36H43N3O4. The van der Waals surface area contributed by atoms with E-state index in [1.165, 1.54) is 5.56 Å². The highest BCUT2D eigenvalue weighted by molar-refractivity contribution is 5.74. The standard InChI is InChI=1S/C36H43N3O4/c1-21(2)39(22(3)4)20-28-15-26(11-13-30(28)31-17-34(42-6)38-19-29(31)18-37)32-14-12-24-7-10-27(16-33(24)43-32)35(25-8-9-25)23(5)36(40)41/h7,10-11,13,15-17,19,21-23,25,32,35H,8-9,12,14,20H2,1-6H3,(H,40,41)/t23-,32-,35-/m0/s1. The molecule has 3 atom stereocenters. The molecule has 5 rings (SSSR count). The Hall–Kier alpha value is -3.89. The number of pyridine rings is 1. The highest BCUT2D eigenvalue weighted by atomic mass is 16.5. The van der Waals surface area contributed by atoms with E-state index < -0.39 is 11.9 Å². The van der Waals surface area contributed by atoms with Gasteiger partial charge in [-0.25, -0.2) is 4.98 Å². The lowest BCUT2D eigenvalue weighted by atomic mass is 9.82. The summed E-state index contributed by atoms with van der Waals surface area (Å²) in [5.74, 6) is 0.577. The second kappa shape index (κ2) is 12.8. The van der Waals surface area contributed by atoms with Crippen LogP contribution in [0.5, 0.6) is 11.6 Å². The number of nitriles is 1. The van der Waals surface area contributed by atoms with Crippen LogP contribution in [0, 0.1) is 23.2 Å². The van der Waals surface area contributed by atoms with E-state index in [0.717, 1.165) is 65.8 Å². The predicted octanol–water partition coefficient (Wildman–Crippen LogP) is 7.53. The number of rotatable bonds is 11. The first-order valence-electron chi connectivity index (χ1n) is 15.5. The van der Waals surface area contributed by atoms with E-state index in [4.69, 9.17) is 9.47 Å². The smallest absolute Gasteiger partial charge is 0.306 e. The second-order valence-electron chi connectivity index (χ2n) is 12.7. The number of carboxylic acids is 1. The van der Waals surface area contributed by atoms with Crippen LogP contribution in [0.1, 0.15) is 93.7 Å². The number of aliphatic carboxylic acids is 1. The molecule has 1 saturated carbocycles. The molecule has 0 saturated heterocycles. The fraction of sp³-hybridized carbons (Fsp3) is 0.472. The molecule has 2 aliphatic rings. The van der Waals surface area contributed by atoms with Gasteiger partial charge in [0.2, 0.25) is 5.88 Å². The van der Waals surface area contributed by atoms with Crippen molar-refractivity contribution in [3.63, 3.8) is 0 Å². The van der Waals surface area contributed by atoms with Gasteiger partial charge in [-0.3, -0.25) is 9.69 Å². The molecule has 0 bridgehead atoms. The zero-order valence-corrected chi connectivity index (χ0v) is 26.1. The molecule has 2 aromatic carbocycles. The summed E-state index contributed by atoms with van der Waals surface area (Å²) >= 11 is 0. The zero-order chi connectivity index (χ0) is 30.8. The normalized spacial score (nSPS) is 17.7. The average Bonchev–Trinajstić information content (AvgIpc) is 3.84. The molecule has 7 heteroatoms. The maximum atomic E-state index is 11.9. The number of fused-ring (bicyclic) bond motifs is 1. The van der Waals surface area contributed by atoms with Crippen LogP contribution >= 0.6 is 0 Å². The van der Waals surface area contributed by atoms with Crippen molar-refractivity contribution < 1.29 is 19.4 Å². The van der Waals surface area contributed by atoms with Gasteiger partial charge in [-0.05, 0) is 99.1 Å². The Morgan fingerprint density at radius 2 is 1.81 bits per heavy atom. The number of nitrogens with zero attached hydrogens (tertiary/aromatic N) is 3. The second-order valence-corrected chi connectivity index (χ2v) is 12.7. The molecule has 226 valence electrons. The third-order valence-electron chi connectivity index (χ3n) is 9.16. The summed E-state index contributed by atoms with van der Waals surface area (Å²) in [7, 11) is 1.58. The van der Waals surface area contributed by atoms with Crippen LogP contribution < -0.4 is 9.47 Å². The third kappa shape index (κ3) is 6.55. The summed E-state index contributed by atoms with van der Waals surface area (Å²) in [6.07, 6.45) is 5.36. The number of carboxylic acid groups (broad SMARTS) is 1. The Morgan fingerprint density at radius 3 is 2.44 bits per heavy atom. The van der Waals surface area contributed by atoms with Gasteiger partial charge < -0.3 is 14.6 Å². The van der Waals surface area contributed by atoms with Crippen LogP contribution in [0.2, 0.25) is 0 Å². The fourth-order valence-electron chi connectivity index (χ4n) is 6.63. The predicted molar refractivity (Wildman–Crippen MR) is 167 cm³/mol. The number of methoxy groups -OCH3 is 1. The molecule has 3 aromatic rings. The van der Waals surface area contributed by atoms with Crippen molar-refractivity contribution in [2.24, 2.45) is 11.8 Å². The van der Waals surface area contributed by atoms with Crippen LogP contribution in [0.25, 0.3) is 11.1 Å². The molecule has 0 unspecified atom stereocenters. The van der Waals surface area contributed by atoms with Gasteiger partial charge in [0, 0.05) is 36.5 Å². The van der Waals surface area contributed by atoms with Gasteiger partial charge in [0.05, 0.1) is 18.6 Å². The molecule has 1 fully saturated rings. The van der Waals surface area contributed by atoms with E-state index >= 15 is 0 Å². The molecule has 43 heavy (non-hydrogen) atoms. The van der Waals surface area contributed by atoms with E-state index in [0.29, 0.717) is 29.4 Å². The minimum Gasteiger partial charge on any atom is -0.485 e. The zero-order valence-electron chi connectivity index (χ0n) is 26.1. The number of aryl methyl sites for hydroxylation is 1. The summed E-state index contributed by atoms with van der Waals surface area (Å²) in [6, 6.07) is 17.6. The SMILES string of the molecule is COc1cc(-c2ccc([C@@H]3CCc4ccc([C@H](C5CC5)[C@H](C)C(=O)O)cc4O3)cc2CN(C(C)C)C(C)C)c(C#N)cn1. The van der Waals surface area contributed by atoms with Crippen LogP contribution in [0.3, 0.4) is 0 Å². The van der Waals surface area contributed by atoms with Crippen LogP contribution in [0.4, 0.5) is 0 Å². The highest BCUT2D eigenvalue weighted by Gasteiger charge is 2.39. The maximum Gasteiger partial charge on any atom is 0.306 e. The first-order valence-corrected chi connectivity index (χ1v) is 15.5. The summed E-state index contributed by atoms with van der Waals surface area (Å²) < 4.78 is 12.1. The van der Waals surface area contributed by atoms with E-state index in [1.54, 1.807) is 13.3 Å². The van der Waals surface area contributed by atoms with Gasteiger partial charge >= 0.3 is 5.97 Å². The topological polar surface area (TPSA) is 95.7 Å². The molecule has 1 N–H and O–H groups in total. The maximum absolute atomic E-state index is 11.9. The van der Waals surface area contributed by atoms with Gasteiger partial charge in [0.25, 0.3) is 0 Å². The molecule has 0 amide bonds. The average molecular weight is 582 g/mol. The number of aromatic nitrogens is 1. The van der Waals surface area contributed by atoms with Crippen LogP contribution in [-0.2, 0) is 17.8 Å². The van der Waals surface area contributed by atoms with Crippen molar-refractivity contribution in [3.05, 3.63) is 76.5 Å². The van der Waals surface area contributed by atoms with Crippen LogP contribution in [-0.4, -0.2) is 40.2 Å². The Kier molecular flexibility index (Phi) is 9.08. The summed E-state index contributed by atoms with van der Waals surface area (Å²) in [5, 5.41) is 19.7. The van der Waals surface area contributed by atoms with Gasteiger partial charge in [-0.15, -0.1) is 0 Å². The minimum absolute atomic E-state index is 0.00222. The molecule has 1 aromatic heterocycles. The van der Waals surface area contributed by atoms with Crippen molar-refractivity contribution in [1.29, 1.82) is 5.26 Å². The monoisotopic (exact) mass is 581 g/mol. The molecule has 1 aliphatic carbocycles. The minimum atomic E-state index is -0.746. The molecule has 1 aliphatic heterocycles. The third-order valence-corrected chi connectivity index (χ3v) is 9.16. The van der Waals surface area contributed by atoms with E-state index in [1.807, 2.05) is 13.0 Å². The van der Waals surface area contributed by atoms with Crippen molar-refractivity contribution >= 4 is 5.97 Å². The van der Waals surface area contributed by atoms with Crippen molar-refractivity contribution in [2.75, 3.05) is 7.11 Å². The molecule has 0 radical (unpaired) electrons. The van der Waals surface area contributed by atoms with Crippen molar-refractivity contribution in [1.82, 2.24) is 9.88 Å². The first-order chi connectivity index (χ1) is 20.6. The number of hydrogen-bond donors (Lipinski definition) is 1. The molecular weight excluding hydrogens is 538 g/mol. The van der Waals surface area contributed by atoms with Gasteiger partial charge in [-0.2, -0.15) is 5.26 Å². The Morgan fingerprint density at radius 1 is 1.07 bits per heavy atom. The van der Waals surface area contributed by atoms with Crippen molar-refractivity contribution in [3.8, 4) is 28.8 Å². The van der Waals surface area contributed by atoms with E-state index in [9.17, 15) is 15.2 Å². The summed E-state index contributed by atoms with van der Waals surface area (Å²) in [6.45, 7) is 11.4. The van der Waals surface area contributed by atoms with Gasteiger partial charge in [-0.1, -0.05) is 37.3 Å². The lowest BCUT2D eigenvalue weighted by molar-refractivity contribution is -0.142. The Labute approximate surface area is 255 Å². The number of ether oxygens (including phenoxy) is 2. The molecule has 7 nitrogen and oxygen atoms in total. The first kappa shape index (κ1) is 30.6. The lowest BCUT2D eigenvalue weighted by Crippen LogP contribution is -2.36. The van der Waals surface area contributed by atoms with E-state index in [2.05, 4.69) is 80.0 Å². The van der Waals surface area contributed by atoms with Crippen molar-refractivity contribution in [2.45, 2.75) is 91.0 Å². The quantitative estimate of drug-likeness (QED) is 0.250. The summed E-state index contributed by atoms with van der Waals surface area (Å²) in [4.78, 5) is 18.6. The number of benzene rings is 2. The van der Waals surface area contributed by atoms with E-state index in [-0.39, 0.29) is 12.0 Å². The lowest BCUT2D eigenvalue weighted by Gasteiger charge is -2.32. The largest absolute Gasteiger partial charge is 0.485 e. The van der Waals surface area contributed by atoms with Gasteiger partial charge in [0.1, 0.15) is 17.9 Å². The van der Waals surface area contributed by atoms with Gasteiger partial charge in [0.15, 0.2) is 0 Å². The fourth-order valence-corrected chi connectivity index (χ4v) is 6.63. The summed E-state index contributed by atoms with van der Waals surface area (Å²) in [5.41, 5.74) is 6.75. The highest BCUT2D eigenvalue weighted by Crippen LogP contribution is 2.48. The molecule has 0 spiro atoms. The number of carbonyl (C=O) groups is 1. The van der Waals surface area contributed by atoms with Crippen LogP contribution in [0.15, 0.2) is 48.7 Å². The number of hydrogen-bond acceptors (Lipinski definition) is 6. The molecule has 2 heterocycles. The Balaban J connectivity index is 1.52.